The van der Waals surface area contributed by atoms with Crippen molar-refractivity contribution in [3.8, 4) is 0 Å². The van der Waals surface area contributed by atoms with E-state index in [1.165, 1.54) is 29.2 Å². The molecular weight excluding hydrogens is 363 g/mol. The zero-order valence-electron chi connectivity index (χ0n) is 15.3. The predicted octanol–water partition coefficient (Wildman–Crippen LogP) is 2.27. The second-order valence-electron chi connectivity index (χ2n) is 6.94. The average Bonchev–Trinajstić information content (AvgIpc) is 3.16. The smallest absolute Gasteiger partial charge is 0.267 e. The summed E-state index contributed by atoms with van der Waals surface area (Å²) < 4.78 is 16.7. The maximum atomic E-state index is 14.4. The number of nitrogens with one attached hydrogen (secondary N) is 1. The van der Waals surface area contributed by atoms with E-state index in [0.29, 0.717) is 11.6 Å². The molecule has 0 aliphatic heterocycles. The minimum absolute atomic E-state index is 0.00792. The molecule has 1 aliphatic carbocycles. The molecule has 9 heteroatoms. The molecule has 4 rings (SSSR count). The normalized spacial score (nSPS) is 16.8. The van der Waals surface area contributed by atoms with E-state index in [-0.39, 0.29) is 17.9 Å². The van der Waals surface area contributed by atoms with Crippen LogP contribution in [0.15, 0.2) is 41.6 Å². The van der Waals surface area contributed by atoms with E-state index < -0.39 is 17.3 Å². The summed E-state index contributed by atoms with van der Waals surface area (Å²) in [6, 6.07) is 4.46. The quantitative estimate of drug-likeness (QED) is 0.747. The largest absolute Gasteiger partial charge is 0.322 e. The lowest BCUT2D eigenvalue weighted by Crippen LogP contribution is -2.30. The molecule has 3 aromatic rings. The summed E-state index contributed by atoms with van der Waals surface area (Å²) in [5.74, 6) is -0.609. The van der Waals surface area contributed by atoms with Gasteiger partial charge in [-0.05, 0) is 42.9 Å². The number of pyridine rings is 1. The standard InChI is InChI=1S/C19H19FN6O2/c1-12-2-4-13(5-3-12)14-6-7-17(28)26(24-14)10-16(27)23-15-8-9-25-19(18(15)20)21-11-22-25/h4,6-9,11-12H,2-3,5,10H2,1H3,(H,23,27). The summed E-state index contributed by atoms with van der Waals surface area (Å²) in [5, 5.41) is 10.6. The van der Waals surface area contributed by atoms with Crippen LogP contribution in [0, 0.1) is 11.7 Å². The van der Waals surface area contributed by atoms with Crippen LogP contribution in [-0.2, 0) is 11.3 Å². The van der Waals surface area contributed by atoms with Crippen LogP contribution in [-0.4, -0.2) is 30.3 Å². The van der Waals surface area contributed by atoms with Gasteiger partial charge in [-0.2, -0.15) is 10.2 Å². The van der Waals surface area contributed by atoms with Gasteiger partial charge in [-0.25, -0.2) is 18.6 Å². The Morgan fingerprint density at radius 3 is 3.00 bits per heavy atom. The van der Waals surface area contributed by atoms with Crippen molar-refractivity contribution in [1.29, 1.82) is 0 Å². The second kappa shape index (κ2) is 7.34. The second-order valence-corrected chi connectivity index (χ2v) is 6.94. The molecule has 0 bridgehead atoms. The number of fused-ring (bicyclic) bond motifs is 1. The van der Waals surface area contributed by atoms with E-state index in [9.17, 15) is 14.0 Å². The van der Waals surface area contributed by atoms with Gasteiger partial charge in [0.15, 0.2) is 11.5 Å². The first-order chi connectivity index (χ1) is 13.5. The fourth-order valence-corrected chi connectivity index (χ4v) is 3.21. The molecule has 0 saturated carbocycles. The minimum atomic E-state index is -0.691. The van der Waals surface area contributed by atoms with E-state index in [1.807, 2.05) is 0 Å². The number of carbonyl (C=O) groups is 1. The number of allylic oxidation sites excluding steroid dienone is 2. The van der Waals surface area contributed by atoms with Crippen molar-refractivity contribution in [1.82, 2.24) is 24.4 Å². The topological polar surface area (TPSA) is 94.2 Å². The summed E-state index contributed by atoms with van der Waals surface area (Å²) in [6.07, 6.45) is 7.78. The van der Waals surface area contributed by atoms with Crippen LogP contribution in [0.5, 0.6) is 0 Å². The number of aromatic nitrogens is 5. The van der Waals surface area contributed by atoms with Gasteiger partial charge < -0.3 is 5.32 Å². The third-order valence-corrected chi connectivity index (χ3v) is 4.82. The first-order valence-corrected chi connectivity index (χ1v) is 9.06. The minimum Gasteiger partial charge on any atom is -0.322 e. The van der Waals surface area contributed by atoms with Crippen LogP contribution in [0.4, 0.5) is 10.1 Å². The van der Waals surface area contributed by atoms with Gasteiger partial charge in [-0.1, -0.05) is 13.0 Å². The van der Waals surface area contributed by atoms with Gasteiger partial charge in [0, 0.05) is 12.3 Å². The lowest BCUT2D eigenvalue weighted by atomic mass is 9.90. The first kappa shape index (κ1) is 18.0. The number of amides is 1. The summed E-state index contributed by atoms with van der Waals surface area (Å²) in [6.45, 7) is 1.88. The van der Waals surface area contributed by atoms with E-state index >= 15 is 0 Å². The van der Waals surface area contributed by atoms with E-state index in [0.717, 1.165) is 29.5 Å². The number of carbonyl (C=O) groups excluding carboxylic acids is 1. The highest BCUT2D eigenvalue weighted by molar-refractivity contribution is 5.91. The molecule has 1 amide bonds. The molecule has 3 heterocycles. The van der Waals surface area contributed by atoms with Gasteiger partial charge in [-0.15, -0.1) is 0 Å². The van der Waals surface area contributed by atoms with Crippen LogP contribution in [0.1, 0.15) is 31.9 Å². The molecule has 3 aromatic heterocycles. The summed E-state index contributed by atoms with van der Waals surface area (Å²) >= 11 is 0. The Hall–Kier alpha value is -3.36. The highest BCUT2D eigenvalue weighted by Gasteiger charge is 2.16. The fraction of sp³-hybridized carbons (Fsp3) is 0.316. The van der Waals surface area contributed by atoms with Crippen molar-refractivity contribution in [3.63, 3.8) is 0 Å². The summed E-state index contributed by atoms with van der Waals surface area (Å²) in [7, 11) is 0. The fourth-order valence-electron chi connectivity index (χ4n) is 3.21. The van der Waals surface area contributed by atoms with Gasteiger partial charge in [-0.3, -0.25) is 9.59 Å². The Morgan fingerprint density at radius 1 is 1.36 bits per heavy atom. The van der Waals surface area contributed by atoms with Crippen LogP contribution in [0.25, 0.3) is 11.2 Å². The Kier molecular flexibility index (Phi) is 4.72. The highest BCUT2D eigenvalue weighted by Crippen LogP contribution is 2.28. The third kappa shape index (κ3) is 3.55. The molecule has 8 nitrogen and oxygen atoms in total. The maximum Gasteiger partial charge on any atom is 0.267 e. The lowest BCUT2D eigenvalue weighted by molar-refractivity contribution is -0.117. The monoisotopic (exact) mass is 382 g/mol. The van der Waals surface area contributed by atoms with Crippen molar-refractivity contribution >= 4 is 22.8 Å². The Balaban J connectivity index is 1.53. The summed E-state index contributed by atoms with van der Waals surface area (Å²) in [4.78, 5) is 28.3. The van der Waals surface area contributed by atoms with E-state index in [1.54, 1.807) is 6.07 Å². The molecule has 28 heavy (non-hydrogen) atoms. The molecule has 144 valence electrons. The molecule has 0 radical (unpaired) electrons. The van der Waals surface area contributed by atoms with Crippen LogP contribution < -0.4 is 10.9 Å². The number of hydrogen-bond acceptors (Lipinski definition) is 5. The first-order valence-electron chi connectivity index (χ1n) is 9.06. The molecule has 1 aliphatic rings. The zero-order chi connectivity index (χ0) is 19.7. The Bertz CT molecular complexity index is 1130. The average molecular weight is 382 g/mol. The van der Waals surface area contributed by atoms with E-state index in [4.69, 9.17) is 0 Å². The van der Waals surface area contributed by atoms with Crippen molar-refractivity contribution in [2.75, 3.05) is 5.32 Å². The van der Waals surface area contributed by atoms with Gasteiger partial charge in [0.2, 0.25) is 5.91 Å². The molecular formula is C19H19FN6O2. The number of nitrogens with zero attached hydrogens (tertiary/aromatic N) is 5. The van der Waals surface area contributed by atoms with Gasteiger partial charge in [0.05, 0.1) is 11.4 Å². The van der Waals surface area contributed by atoms with Gasteiger partial charge >= 0.3 is 0 Å². The number of hydrogen-bond donors (Lipinski definition) is 1. The third-order valence-electron chi connectivity index (χ3n) is 4.82. The number of halogens is 1. The van der Waals surface area contributed by atoms with Crippen molar-refractivity contribution in [2.45, 2.75) is 32.7 Å². The van der Waals surface area contributed by atoms with Crippen LogP contribution in [0.2, 0.25) is 0 Å². The molecule has 0 fully saturated rings. The molecule has 1 atom stereocenters. The van der Waals surface area contributed by atoms with Gasteiger partial charge in [0.25, 0.3) is 5.56 Å². The SMILES string of the molecule is CC1CC=C(c2ccc(=O)n(CC(=O)Nc3ccn4ncnc4c3F)n2)CC1. The van der Waals surface area contributed by atoms with Crippen molar-refractivity contribution in [2.24, 2.45) is 5.92 Å². The molecule has 0 saturated heterocycles. The van der Waals surface area contributed by atoms with Crippen LogP contribution in [0.3, 0.4) is 0 Å². The highest BCUT2D eigenvalue weighted by atomic mass is 19.1. The predicted molar refractivity (Wildman–Crippen MR) is 101 cm³/mol. The summed E-state index contributed by atoms with van der Waals surface area (Å²) in [5.41, 5.74) is 1.36. The van der Waals surface area contributed by atoms with Crippen molar-refractivity contribution < 1.29 is 9.18 Å². The Morgan fingerprint density at radius 2 is 2.21 bits per heavy atom. The van der Waals surface area contributed by atoms with E-state index in [2.05, 4.69) is 33.5 Å². The lowest BCUT2D eigenvalue weighted by Gasteiger charge is -2.18. The molecule has 1 N–H and O–H groups in total. The number of anilines is 1. The zero-order valence-corrected chi connectivity index (χ0v) is 15.3. The molecule has 0 spiro atoms. The molecule has 1 unspecified atom stereocenters. The molecule has 0 aromatic carbocycles. The maximum absolute atomic E-state index is 14.4. The Labute approximate surface area is 159 Å². The van der Waals surface area contributed by atoms with Gasteiger partial charge in [0.1, 0.15) is 12.9 Å². The van der Waals surface area contributed by atoms with Crippen LogP contribution >= 0.6 is 0 Å². The van der Waals surface area contributed by atoms with Crippen molar-refractivity contribution in [3.05, 3.63) is 58.7 Å². The number of rotatable bonds is 4.